The Balaban J connectivity index is 2.64. The van der Waals surface area contributed by atoms with Gasteiger partial charge in [0.1, 0.15) is 12.7 Å². The topological polar surface area (TPSA) is 18.5 Å². The van der Waals surface area contributed by atoms with E-state index in [9.17, 15) is 0 Å². The quantitative estimate of drug-likeness (QED) is 0.685. The largest absolute Gasteiger partial charge is 0.486 e. The van der Waals surface area contributed by atoms with Gasteiger partial charge in [-0.1, -0.05) is 27.0 Å². The van der Waals surface area contributed by atoms with Crippen LogP contribution in [0.15, 0.2) is 36.8 Å². The highest BCUT2D eigenvalue weighted by molar-refractivity contribution is 5.23. The number of hydrogen-bond donors (Lipinski definition) is 0. The summed E-state index contributed by atoms with van der Waals surface area (Å²) in [5.74, 6) is 2.01. The first-order valence-corrected chi connectivity index (χ1v) is 4.96. The van der Waals surface area contributed by atoms with Crippen LogP contribution in [-0.4, -0.2) is 12.7 Å². The molecule has 0 amide bonds. The van der Waals surface area contributed by atoms with E-state index in [4.69, 9.17) is 9.47 Å². The van der Waals surface area contributed by atoms with Gasteiger partial charge in [-0.05, 0) is 24.5 Å². The molecule has 0 aromatic heterocycles. The Morgan fingerprint density at radius 2 is 2.00 bits per heavy atom. The molecule has 0 saturated heterocycles. The number of ether oxygens (including phenoxy) is 2. The highest BCUT2D eigenvalue weighted by atomic mass is 16.6. The molecule has 0 radical (unpaired) electrons. The van der Waals surface area contributed by atoms with E-state index in [0.717, 1.165) is 6.42 Å². The van der Waals surface area contributed by atoms with Crippen LogP contribution in [0.2, 0.25) is 0 Å². The molecule has 0 aliphatic carbocycles. The SMILES string of the molecule is C=CC1=C(C=C)OC(CC(C)C)CO1. The van der Waals surface area contributed by atoms with E-state index in [1.165, 1.54) is 0 Å². The van der Waals surface area contributed by atoms with Crippen molar-refractivity contribution in [2.24, 2.45) is 5.92 Å². The van der Waals surface area contributed by atoms with E-state index in [0.29, 0.717) is 24.0 Å². The number of hydrogen-bond acceptors (Lipinski definition) is 2. The monoisotopic (exact) mass is 194 g/mol. The third-order valence-corrected chi connectivity index (χ3v) is 2.07. The summed E-state index contributed by atoms with van der Waals surface area (Å²) in [5, 5.41) is 0. The highest BCUT2D eigenvalue weighted by Gasteiger charge is 2.21. The van der Waals surface area contributed by atoms with Crippen molar-refractivity contribution in [2.75, 3.05) is 6.61 Å². The van der Waals surface area contributed by atoms with Gasteiger partial charge in [0, 0.05) is 0 Å². The lowest BCUT2D eigenvalue weighted by atomic mass is 10.1. The van der Waals surface area contributed by atoms with Gasteiger partial charge in [-0.15, -0.1) is 0 Å². The number of allylic oxidation sites excluding steroid dienone is 2. The Morgan fingerprint density at radius 3 is 2.50 bits per heavy atom. The van der Waals surface area contributed by atoms with Crippen molar-refractivity contribution in [1.82, 2.24) is 0 Å². The van der Waals surface area contributed by atoms with E-state index < -0.39 is 0 Å². The van der Waals surface area contributed by atoms with Crippen LogP contribution < -0.4 is 0 Å². The van der Waals surface area contributed by atoms with E-state index in [2.05, 4.69) is 27.0 Å². The van der Waals surface area contributed by atoms with Crippen molar-refractivity contribution in [3.8, 4) is 0 Å². The van der Waals surface area contributed by atoms with Crippen molar-refractivity contribution in [3.05, 3.63) is 36.8 Å². The molecular formula is C12H18O2. The summed E-state index contributed by atoms with van der Waals surface area (Å²) < 4.78 is 11.2. The second-order valence-corrected chi connectivity index (χ2v) is 3.82. The molecule has 1 aliphatic heterocycles. The summed E-state index contributed by atoms with van der Waals surface area (Å²) in [7, 11) is 0. The lowest BCUT2D eigenvalue weighted by molar-refractivity contribution is -0.00239. The van der Waals surface area contributed by atoms with E-state index in [-0.39, 0.29) is 6.10 Å². The zero-order chi connectivity index (χ0) is 10.6. The smallest absolute Gasteiger partial charge is 0.161 e. The molecule has 0 N–H and O–H groups in total. The van der Waals surface area contributed by atoms with Gasteiger partial charge in [0.05, 0.1) is 0 Å². The zero-order valence-corrected chi connectivity index (χ0v) is 8.95. The number of rotatable bonds is 4. The summed E-state index contributed by atoms with van der Waals surface area (Å²) in [6.07, 6.45) is 4.47. The molecule has 14 heavy (non-hydrogen) atoms. The van der Waals surface area contributed by atoms with Crippen molar-refractivity contribution in [2.45, 2.75) is 26.4 Å². The van der Waals surface area contributed by atoms with Gasteiger partial charge in [0.15, 0.2) is 11.5 Å². The van der Waals surface area contributed by atoms with E-state index in [1.807, 2.05) is 0 Å². The minimum Gasteiger partial charge on any atom is -0.486 e. The van der Waals surface area contributed by atoms with Crippen LogP contribution in [0.25, 0.3) is 0 Å². The fourth-order valence-corrected chi connectivity index (χ4v) is 1.48. The molecule has 0 aromatic carbocycles. The maximum atomic E-state index is 5.72. The molecule has 0 aromatic rings. The van der Waals surface area contributed by atoms with Crippen LogP contribution in [-0.2, 0) is 9.47 Å². The Bertz CT molecular complexity index is 251. The molecule has 0 bridgehead atoms. The fourth-order valence-electron chi connectivity index (χ4n) is 1.48. The summed E-state index contributed by atoms with van der Waals surface area (Å²) in [6, 6.07) is 0. The summed E-state index contributed by atoms with van der Waals surface area (Å²) in [4.78, 5) is 0. The average Bonchev–Trinajstić information content (AvgIpc) is 2.16. The van der Waals surface area contributed by atoms with Gasteiger partial charge >= 0.3 is 0 Å². The molecule has 0 spiro atoms. The Morgan fingerprint density at radius 1 is 1.36 bits per heavy atom. The lowest BCUT2D eigenvalue weighted by Gasteiger charge is -2.27. The van der Waals surface area contributed by atoms with Crippen molar-refractivity contribution < 1.29 is 9.47 Å². The van der Waals surface area contributed by atoms with Gasteiger partial charge in [-0.3, -0.25) is 0 Å². The van der Waals surface area contributed by atoms with Crippen molar-refractivity contribution in [3.63, 3.8) is 0 Å². The summed E-state index contributed by atoms with van der Waals surface area (Å²) >= 11 is 0. The van der Waals surface area contributed by atoms with Crippen LogP contribution in [0.1, 0.15) is 20.3 Å². The molecule has 0 fully saturated rings. The fraction of sp³-hybridized carbons (Fsp3) is 0.500. The molecule has 1 heterocycles. The standard InChI is InChI=1S/C12H18O2/c1-5-11-12(6-2)14-10(8-13-11)7-9(3)4/h5-6,9-10H,1-2,7-8H2,3-4H3. The molecule has 1 aliphatic rings. The predicted molar refractivity (Wildman–Crippen MR) is 57.7 cm³/mol. The van der Waals surface area contributed by atoms with Gasteiger partial charge in [-0.25, -0.2) is 0 Å². The summed E-state index contributed by atoms with van der Waals surface area (Å²) in [5.41, 5.74) is 0. The summed E-state index contributed by atoms with van der Waals surface area (Å²) in [6.45, 7) is 12.3. The Hall–Kier alpha value is -1.18. The first-order valence-electron chi connectivity index (χ1n) is 4.96. The molecular weight excluding hydrogens is 176 g/mol. The van der Waals surface area contributed by atoms with Crippen LogP contribution in [0, 0.1) is 5.92 Å². The minimum absolute atomic E-state index is 0.145. The van der Waals surface area contributed by atoms with Crippen molar-refractivity contribution in [1.29, 1.82) is 0 Å². The maximum absolute atomic E-state index is 5.72. The van der Waals surface area contributed by atoms with Crippen LogP contribution in [0.4, 0.5) is 0 Å². The second-order valence-electron chi connectivity index (χ2n) is 3.82. The zero-order valence-electron chi connectivity index (χ0n) is 8.95. The molecule has 1 rings (SSSR count). The van der Waals surface area contributed by atoms with Crippen LogP contribution in [0.3, 0.4) is 0 Å². The lowest BCUT2D eigenvalue weighted by Crippen LogP contribution is -2.26. The van der Waals surface area contributed by atoms with Gasteiger partial charge in [0.2, 0.25) is 0 Å². The molecule has 2 heteroatoms. The van der Waals surface area contributed by atoms with Crippen molar-refractivity contribution >= 4 is 0 Å². The maximum Gasteiger partial charge on any atom is 0.161 e. The van der Waals surface area contributed by atoms with Gasteiger partial charge in [0.25, 0.3) is 0 Å². The first-order chi connectivity index (χ1) is 6.67. The highest BCUT2D eigenvalue weighted by Crippen LogP contribution is 2.22. The first kappa shape index (κ1) is 10.9. The Labute approximate surface area is 85.9 Å². The Kier molecular flexibility index (Phi) is 3.81. The molecule has 1 atom stereocenters. The second kappa shape index (κ2) is 4.89. The minimum atomic E-state index is 0.145. The molecule has 2 nitrogen and oxygen atoms in total. The van der Waals surface area contributed by atoms with Crippen LogP contribution >= 0.6 is 0 Å². The normalized spacial score (nSPS) is 21.5. The van der Waals surface area contributed by atoms with Gasteiger partial charge in [-0.2, -0.15) is 0 Å². The third-order valence-electron chi connectivity index (χ3n) is 2.07. The van der Waals surface area contributed by atoms with E-state index >= 15 is 0 Å². The molecule has 78 valence electrons. The molecule has 0 saturated carbocycles. The average molecular weight is 194 g/mol. The molecule has 1 unspecified atom stereocenters. The van der Waals surface area contributed by atoms with Crippen LogP contribution in [0.5, 0.6) is 0 Å². The third kappa shape index (κ3) is 2.66. The van der Waals surface area contributed by atoms with Gasteiger partial charge < -0.3 is 9.47 Å². The van der Waals surface area contributed by atoms with E-state index in [1.54, 1.807) is 12.2 Å². The predicted octanol–water partition coefficient (Wildman–Crippen LogP) is 3.03.